The minimum Gasteiger partial charge on any atom is -0.356 e. The topological polar surface area (TPSA) is 55.1 Å². The summed E-state index contributed by atoms with van der Waals surface area (Å²) in [6, 6.07) is 6.21. The third-order valence-corrected chi connectivity index (χ3v) is 2.81. The number of unbranched alkanes of at least 4 members (excludes halogenated alkanes) is 1. The fourth-order valence-corrected chi connectivity index (χ4v) is 1.72. The summed E-state index contributed by atoms with van der Waals surface area (Å²) in [5, 5.41) is 2.92. The lowest BCUT2D eigenvalue weighted by molar-refractivity contribution is -0.120. The molecule has 102 valence electrons. The molecule has 0 aliphatic heterocycles. The van der Waals surface area contributed by atoms with Crippen molar-refractivity contribution >= 4 is 18.3 Å². The molecule has 1 aromatic rings. The van der Waals surface area contributed by atoms with Gasteiger partial charge in [-0.05, 0) is 44.4 Å². The summed E-state index contributed by atoms with van der Waals surface area (Å²) in [6.07, 6.45) is 2.38. The molecule has 0 heterocycles. The van der Waals surface area contributed by atoms with Gasteiger partial charge >= 0.3 is 0 Å². The number of benzene rings is 1. The molecule has 0 fully saturated rings. The minimum atomic E-state index is 0. The number of carbonyl (C=O) groups excluding carboxylic acids is 1. The molecule has 0 aliphatic rings. The van der Waals surface area contributed by atoms with E-state index in [1.165, 1.54) is 11.1 Å². The van der Waals surface area contributed by atoms with Crippen molar-refractivity contribution in [3.8, 4) is 0 Å². The largest absolute Gasteiger partial charge is 0.356 e. The van der Waals surface area contributed by atoms with Crippen LogP contribution in [0.4, 0.5) is 0 Å². The maximum atomic E-state index is 11.7. The SMILES string of the molecule is Cc1ccc(C)c(CC(=O)NCCCCN)c1.Cl. The zero-order valence-corrected chi connectivity index (χ0v) is 12.0. The highest BCUT2D eigenvalue weighted by Gasteiger charge is 2.05. The van der Waals surface area contributed by atoms with Gasteiger partial charge in [0.15, 0.2) is 0 Å². The van der Waals surface area contributed by atoms with Gasteiger partial charge in [-0.1, -0.05) is 23.8 Å². The van der Waals surface area contributed by atoms with Gasteiger partial charge < -0.3 is 11.1 Å². The summed E-state index contributed by atoms with van der Waals surface area (Å²) in [6.45, 7) is 5.49. The maximum Gasteiger partial charge on any atom is 0.224 e. The molecule has 1 amide bonds. The summed E-state index contributed by atoms with van der Waals surface area (Å²) in [4.78, 5) is 11.7. The first kappa shape index (κ1) is 16.9. The van der Waals surface area contributed by atoms with Crippen LogP contribution < -0.4 is 11.1 Å². The molecule has 0 atom stereocenters. The molecule has 0 unspecified atom stereocenters. The monoisotopic (exact) mass is 270 g/mol. The summed E-state index contributed by atoms with van der Waals surface area (Å²) >= 11 is 0. The lowest BCUT2D eigenvalue weighted by atomic mass is 10.0. The average molecular weight is 271 g/mol. The predicted octanol–water partition coefficient (Wildman–Crippen LogP) is 2.12. The quantitative estimate of drug-likeness (QED) is 0.778. The van der Waals surface area contributed by atoms with Crippen molar-refractivity contribution in [3.63, 3.8) is 0 Å². The zero-order chi connectivity index (χ0) is 12.7. The molecule has 4 heteroatoms. The number of hydrogen-bond donors (Lipinski definition) is 2. The first-order valence-corrected chi connectivity index (χ1v) is 6.16. The van der Waals surface area contributed by atoms with Gasteiger partial charge in [-0.3, -0.25) is 4.79 Å². The fraction of sp³-hybridized carbons (Fsp3) is 0.500. The van der Waals surface area contributed by atoms with Crippen molar-refractivity contribution in [3.05, 3.63) is 34.9 Å². The number of halogens is 1. The van der Waals surface area contributed by atoms with Gasteiger partial charge in [0.05, 0.1) is 6.42 Å². The Morgan fingerprint density at radius 2 is 2.00 bits per heavy atom. The Bertz CT molecular complexity index is 380. The van der Waals surface area contributed by atoms with E-state index in [1.54, 1.807) is 0 Å². The Kier molecular flexibility index (Phi) is 8.42. The van der Waals surface area contributed by atoms with Crippen LogP contribution in [0.5, 0.6) is 0 Å². The Morgan fingerprint density at radius 1 is 1.28 bits per heavy atom. The van der Waals surface area contributed by atoms with Crippen molar-refractivity contribution < 1.29 is 4.79 Å². The summed E-state index contributed by atoms with van der Waals surface area (Å²) in [5.41, 5.74) is 8.87. The number of amides is 1. The lowest BCUT2D eigenvalue weighted by Gasteiger charge is -2.08. The van der Waals surface area contributed by atoms with Crippen LogP contribution in [0.2, 0.25) is 0 Å². The molecule has 3 N–H and O–H groups in total. The number of carbonyl (C=O) groups is 1. The van der Waals surface area contributed by atoms with Crippen molar-refractivity contribution in [2.45, 2.75) is 33.1 Å². The maximum absolute atomic E-state index is 11.7. The van der Waals surface area contributed by atoms with Crippen LogP contribution in [0.3, 0.4) is 0 Å². The van der Waals surface area contributed by atoms with Crippen molar-refractivity contribution in [1.29, 1.82) is 0 Å². The molecule has 0 spiro atoms. The average Bonchev–Trinajstić information content (AvgIpc) is 2.29. The highest BCUT2D eigenvalue weighted by molar-refractivity contribution is 5.85. The third kappa shape index (κ3) is 6.03. The van der Waals surface area contributed by atoms with Gasteiger partial charge in [0.2, 0.25) is 5.91 Å². The Balaban J connectivity index is 0.00000289. The van der Waals surface area contributed by atoms with E-state index >= 15 is 0 Å². The molecule has 0 aliphatic carbocycles. The van der Waals surface area contributed by atoms with Crippen molar-refractivity contribution in [2.24, 2.45) is 5.73 Å². The predicted molar refractivity (Wildman–Crippen MR) is 78.2 cm³/mol. The second-order valence-corrected chi connectivity index (χ2v) is 4.45. The molecule has 1 aromatic carbocycles. The molecule has 0 saturated heterocycles. The second-order valence-electron chi connectivity index (χ2n) is 4.45. The van der Waals surface area contributed by atoms with Crippen LogP contribution in [-0.2, 0) is 11.2 Å². The van der Waals surface area contributed by atoms with Crippen LogP contribution in [0.1, 0.15) is 29.5 Å². The van der Waals surface area contributed by atoms with Crippen molar-refractivity contribution in [1.82, 2.24) is 5.32 Å². The van der Waals surface area contributed by atoms with E-state index in [-0.39, 0.29) is 18.3 Å². The van der Waals surface area contributed by atoms with Gasteiger partial charge in [0.1, 0.15) is 0 Å². The van der Waals surface area contributed by atoms with E-state index < -0.39 is 0 Å². The van der Waals surface area contributed by atoms with E-state index in [2.05, 4.69) is 23.5 Å². The van der Waals surface area contributed by atoms with Crippen LogP contribution in [0.25, 0.3) is 0 Å². The van der Waals surface area contributed by atoms with Crippen LogP contribution in [-0.4, -0.2) is 19.0 Å². The van der Waals surface area contributed by atoms with Gasteiger partial charge in [-0.25, -0.2) is 0 Å². The standard InChI is InChI=1S/C14H22N2O.ClH/c1-11-5-6-12(2)13(9-11)10-14(17)16-8-4-3-7-15;/h5-6,9H,3-4,7-8,10,15H2,1-2H3,(H,16,17);1H. The molecular formula is C14H23ClN2O. The van der Waals surface area contributed by atoms with E-state index in [1.807, 2.05) is 13.8 Å². The first-order chi connectivity index (χ1) is 8.13. The second kappa shape index (κ2) is 8.95. The van der Waals surface area contributed by atoms with Gasteiger partial charge in [0.25, 0.3) is 0 Å². The van der Waals surface area contributed by atoms with Crippen LogP contribution >= 0.6 is 12.4 Å². The molecule has 0 radical (unpaired) electrons. The first-order valence-electron chi connectivity index (χ1n) is 6.16. The van der Waals surface area contributed by atoms with E-state index in [0.717, 1.165) is 24.9 Å². The molecule has 0 aromatic heterocycles. The van der Waals surface area contributed by atoms with Crippen molar-refractivity contribution in [2.75, 3.05) is 13.1 Å². The lowest BCUT2D eigenvalue weighted by Crippen LogP contribution is -2.26. The number of hydrogen-bond acceptors (Lipinski definition) is 2. The molecule has 0 bridgehead atoms. The van der Waals surface area contributed by atoms with Crippen LogP contribution in [0, 0.1) is 13.8 Å². The van der Waals surface area contributed by atoms with Gasteiger partial charge in [-0.2, -0.15) is 0 Å². The third-order valence-electron chi connectivity index (χ3n) is 2.81. The summed E-state index contributed by atoms with van der Waals surface area (Å²) in [5.74, 6) is 0.0933. The van der Waals surface area contributed by atoms with E-state index in [9.17, 15) is 4.79 Å². The number of rotatable bonds is 6. The van der Waals surface area contributed by atoms with Gasteiger partial charge in [0, 0.05) is 6.54 Å². The minimum absolute atomic E-state index is 0. The zero-order valence-electron chi connectivity index (χ0n) is 11.2. The number of nitrogens with one attached hydrogen (secondary N) is 1. The smallest absolute Gasteiger partial charge is 0.224 e. The Morgan fingerprint density at radius 3 is 2.67 bits per heavy atom. The van der Waals surface area contributed by atoms with E-state index in [0.29, 0.717) is 13.0 Å². The van der Waals surface area contributed by atoms with Crippen LogP contribution in [0.15, 0.2) is 18.2 Å². The molecule has 3 nitrogen and oxygen atoms in total. The molecule has 18 heavy (non-hydrogen) atoms. The number of aryl methyl sites for hydroxylation is 2. The highest BCUT2D eigenvalue weighted by Crippen LogP contribution is 2.11. The normalized spacial score (nSPS) is 9.72. The molecular weight excluding hydrogens is 248 g/mol. The number of nitrogens with two attached hydrogens (primary N) is 1. The molecule has 0 saturated carbocycles. The summed E-state index contributed by atoms with van der Waals surface area (Å²) < 4.78 is 0. The highest BCUT2D eigenvalue weighted by atomic mass is 35.5. The fourth-order valence-electron chi connectivity index (χ4n) is 1.72. The Hall–Kier alpha value is -1.06. The summed E-state index contributed by atoms with van der Waals surface area (Å²) in [7, 11) is 0. The Labute approximate surface area is 116 Å². The van der Waals surface area contributed by atoms with E-state index in [4.69, 9.17) is 5.73 Å². The van der Waals surface area contributed by atoms with Gasteiger partial charge in [-0.15, -0.1) is 12.4 Å². The molecule has 1 rings (SSSR count).